The molecule has 4 heteroatoms. The van der Waals surface area contributed by atoms with Gasteiger partial charge >= 0.3 is 0 Å². The average molecular weight is 276 g/mol. The van der Waals surface area contributed by atoms with Gasteiger partial charge in [0.25, 0.3) is 0 Å². The van der Waals surface area contributed by atoms with Crippen LogP contribution < -0.4 is 10.6 Å². The fraction of sp³-hybridized carbons (Fsp3) is 0.750. The molecule has 112 valence electrons. The van der Waals surface area contributed by atoms with Gasteiger partial charge in [0, 0.05) is 25.1 Å². The lowest BCUT2D eigenvalue weighted by Gasteiger charge is -2.12. The third-order valence-corrected chi connectivity index (χ3v) is 3.61. The van der Waals surface area contributed by atoms with E-state index in [1.807, 2.05) is 6.07 Å². The lowest BCUT2D eigenvalue weighted by molar-refractivity contribution is 0.685. The van der Waals surface area contributed by atoms with Crippen LogP contribution in [0.3, 0.4) is 0 Å². The minimum Gasteiger partial charge on any atom is -0.370 e. The Labute approximate surface area is 122 Å². The quantitative estimate of drug-likeness (QED) is 0.669. The number of rotatable bonds is 9. The van der Waals surface area contributed by atoms with Crippen molar-refractivity contribution >= 4 is 11.6 Å². The van der Waals surface area contributed by atoms with Crippen LogP contribution in [0.4, 0.5) is 11.6 Å². The predicted molar refractivity (Wildman–Crippen MR) is 85.3 cm³/mol. The van der Waals surface area contributed by atoms with Crippen molar-refractivity contribution in [2.45, 2.75) is 58.8 Å². The first-order valence-electron chi connectivity index (χ1n) is 8.05. The SMILES string of the molecule is CCCNc1cc(NCCCC2CC2)nc(C(C)C)n1. The van der Waals surface area contributed by atoms with Crippen molar-refractivity contribution in [3.8, 4) is 0 Å². The summed E-state index contributed by atoms with van der Waals surface area (Å²) >= 11 is 0. The standard InChI is InChI=1S/C16H28N4/c1-4-9-17-14-11-15(20-16(19-14)12(2)3)18-10-5-6-13-7-8-13/h11-13H,4-10H2,1-3H3,(H2,17,18,19,20). The van der Waals surface area contributed by atoms with Gasteiger partial charge in [0.1, 0.15) is 17.5 Å². The Morgan fingerprint density at radius 2 is 1.80 bits per heavy atom. The number of hydrogen-bond donors (Lipinski definition) is 2. The molecular formula is C16H28N4. The minimum atomic E-state index is 0.352. The van der Waals surface area contributed by atoms with Crippen LogP contribution in [0.2, 0.25) is 0 Å². The van der Waals surface area contributed by atoms with E-state index in [2.05, 4.69) is 41.4 Å². The maximum absolute atomic E-state index is 4.61. The lowest BCUT2D eigenvalue weighted by Crippen LogP contribution is -2.10. The highest BCUT2D eigenvalue weighted by molar-refractivity contribution is 5.47. The number of hydrogen-bond acceptors (Lipinski definition) is 4. The summed E-state index contributed by atoms with van der Waals surface area (Å²) in [5, 5.41) is 6.81. The van der Waals surface area contributed by atoms with E-state index in [0.29, 0.717) is 5.92 Å². The molecule has 1 saturated carbocycles. The molecule has 0 atom stereocenters. The molecule has 1 aromatic heterocycles. The molecule has 20 heavy (non-hydrogen) atoms. The second kappa shape index (κ2) is 7.46. The second-order valence-electron chi connectivity index (χ2n) is 6.09. The van der Waals surface area contributed by atoms with Crippen LogP contribution in [-0.4, -0.2) is 23.1 Å². The number of nitrogens with one attached hydrogen (secondary N) is 2. The molecule has 0 amide bonds. The van der Waals surface area contributed by atoms with Gasteiger partial charge in [-0.25, -0.2) is 9.97 Å². The predicted octanol–water partition coefficient (Wildman–Crippen LogP) is 4.02. The highest BCUT2D eigenvalue weighted by atomic mass is 15.1. The van der Waals surface area contributed by atoms with Crippen LogP contribution in [0, 0.1) is 5.92 Å². The zero-order valence-corrected chi connectivity index (χ0v) is 13.1. The summed E-state index contributed by atoms with van der Waals surface area (Å²) < 4.78 is 0. The van der Waals surface area contributed by atoms with Crippen molar-refractivity contribution in [1.82, 2.24) is 9.97 Å². The van der Waals surface area contributed by atoms with E-state index in [1.165, 1.54) is 25.7 Å². The molecule has 1 aliphatic rings. The van der Waals surface area contributed by atoms with E-state index in [9.17, 15) is 0 Å². The Morgan fingerprint density at radius 3 is 2.35 bits per heavy atom. The highest BCUT2D eigenvalue weighted by Gasteiger charge is 2.20. The molecule has 0 unspecified atom stereocenters. The van der Waals surface area contributed by atoms with E-state index in [1.54, 1.807) is 0 Å². The molecule has 0 radical (unpaired) electrons. The molecule has 0 saturated heterocycles. The molecule has 0 aromatic carbocycles. The minimum absolute atomic E-state index is 0.352. The van der Waals surface area contributed by atoms with Gasteiger partial charge < -0.3 is 10.6 Å². The summed E-state index contributed by atoms with van der Waals surface area (Å²) in [6.45, 7) is 8.40. The van der Waals surface area contributed by atoms with Crippen LogP contribution in [0.1, 0.15) is 64.6 Å². The summed E-state index contributed by atoms with van der Waals surface area (Å²) in [6, 6.07) is 2.03. The molecule has 1 heterocycles. The number of aromatic nitrogens is 2. The number of nitrogens with zero attached hydrogens (tertiary/aromatic N) is 2. The average Bonchev–Trinajstić information content (AvgIpc) is 3.25. The molecule has 0 aliphatic heterocycles. The molecule has 1 aromatic rings. The zero-order chi connectivity index (χ0) is 14.4. The van der Waals surface area contributed by atoms with Crippen LogP contribution in [0.15, 0.2) is 6.07 Å². The van der Waals surface area contributed by atoms with Crippen LogP contribution >= 0.6 is 0 Å². The van der Waals surface area contributed by atoms with Gasteiger partial charge in [0.05, 0.1) is 0 Å². The largest absolute Gasteiger partial charge is 0.370 e. The second-order valence-corrected chi connectivity index (χ2v) is 6.09. The maximum Gasteiger partial charge on any atom is 0.135 e. The van der Waals surface area contributed by atoms with Crippen LogP contribution in [-0.2, 0) is 0 Å². The summed E-state index contributed by atoms with van der Waals surface area (Å²) in [5.41, 5.74) is 0. The smallest absolute Gasteiger partial charge is 0.135 e. The first-order valence-corrected chi connectivity index (χ1v) is 8.05. The van der Waals surface area contributed by atoms with Gasteiger partial charge in [-0.05, 0) is 25.2 Å². The van der Waals surface area contributed by atoms with Crippen molar-refractivity contribution in [3.63, 3.8) is 0 Å². The zero-order valence-electron chi connectivity index (χ0n) is 13.1. The summed E-state index contributed by atoms with van der Waals surface area (Å²) in [5.74, 6) is 4.17. The summed E-state index contributed by atoms with van der Waals surface area (Å²) in [4.78, 5) is 9.19. The molecule has 1 fully saturated rings. The Balaban J connectivity index is 1.91. The van der Waals surface area contributed by atoms with Crippen molar-refractivity contribution < 1.29 is 0 Å². The molecule has 0 spiro atoms. The third kappa shape index (κ3) is 4.99. The molecule has 2 N–H and O–H groups in total. The third-order valence-electron chi connectivity index (χ3n) is 3.61. The lowest BCUT2D eigenvalue weighted by atomic mass is 10.2. The van der Waals surface area contributed by atoms with Crippen molar-refractivity contribution in [2.75, 3.05) is 23.7 Å². The first-order chi connectivity index (χ1) is 9.69. The Kier molecular flexibility index (Phi) is 5.62. The Morgan fingerprint density at radius 1 is 1.15 bits per heavy atom. The van der Waals surface area contributed by atoms with Gasteiger partial charge in [0.2, 0.25) is 0 Å². The fourth-order valence-corrected chi connectivity index (χ4v) is 2.17. The van der Waals surface area contributed by atoms with E-state index < -0.39 is 0 Å². The van der Waals surface area contributed by atoms with Crippen molar-refractivity contribution in [3.05, 3.63) is 11.9 Å². The van der Waals surface area contributed by atoms with Crippen molar-refractivity contribution in [2.24, 2.45) is 5.92 Å². The molecular weight excluding hydrogens is 248 g/mol. The topological polar surface area (TPSA) is 49.8 Å². The van der Waals surface area contributed by atoms with E-state index in [4.69, 9.17) is 0 Å². The normalized spacial score (nSPS) is 14.6. The molecule has 2 rings (SSSR count). The Bertz CT molecular complexity index is 413. The summed E-state index contributed by atoms with van der Waals surface area (Å²) in [6.07, 6.45) is 6.58. The molecule has 1 aliphatic carbocycles. The van der Waals surface area contributed by atoms with E-state index in [0.717, 1.165) is 42.9 Å². The highest BCUT2D eigenvalue weighted by Crippen LogP contribution is 2.33. The van der Waals surface area contributed by atoms with Gasteiger partial charge in [-0.15, -0.1) is 0 Å². The maximum atomic E-state index is 4.61. The van der Waals surface area contributed by atoms with Crippen molar-refractivity contribution in [1.29, 1.82) is 0 Å². The number of anilines is 2. The summed E-state index contributed by atoms with van der Waals surface area (Å²) in [7, 11) is 0. The van der Waals surface area contributed by atoms with Gasteiger partial charge in [0.15, 0.2) is 0 Å². The molecule has 4 nitrogen and oxygen atoms in total. The van der Waals surface area contributed by atoms with Gasteiger partial charge in [-0.3, -0.25) is 0 Å². The van der Waals surface area contributed by atoms with Crippen LogP contribution in [0.5, 0.6) is 0 Å². The Hall–Kier alpha value is -1.32. The fourth-order valence-electron chi connectivity index (χ4n) is 2.17. The molecule has 0 bridgehead atoms. The monoisotopic (exact) mass is 276 g/mol. The van der Waals surface area contributed by atoms with Crippen LogP contribution in [0.25, 0.3) is 0 Å². The van der Waals surface area contributed by atoms with Gasteiger partial charge in [-0.2, -0.15) is 0 Å². The first kappa shape index (κ1) is 15.1. The van der Waals surface area contributed by atoms with E-state index >= 15 is 0 Å². The van der Waals surface area contributed by atoms with E-state index in [-0.39, 0.29) is 0 Å². The van der Waals surface area contributed by atoms with Gasteiger partial charge in [-0.1, -0.05) is 33.6 Å².